The number of nitrogens with two attached hydrogens (primary N) is 1. The summed E-state index contributed by atoms with van der Waals surface area (Å²) in [5, 5.41) is 30.0. The minimum atomic E-state index is -1.12. The van der Waals surface area contributed by atoms with E-state index in [2.05, 4.69) is 9.97 Å². The first kappa shape index (κ1) is 18.6. The molecule has 1 fully saturated rings. The zero-order chi connectivity index (χ0) is 19.2. The maximum Gasteiger partial charge on any atom is 0.332 e. The van der Waals surface area contributed by atoms with Crippen LogP contribution in [-0.4, -0.2) is 58.8 Å². The van der Waals surface area contributed by atoms with E-state index in [0.29, 0.717) is 6.42 Å². The predicted molar refractivity (Wildman–Crippen MR) is 91.5 cm³/mol. The van der Waals surface area contributed by atoms with Crippen molar-refractivity contribution in [1.29, 1.82) is 0 Å². The van der Waals surface area contributed by atoms with Gasteiger partial charge in [0, 0.05) is 6.42 Å². The number of fused-ring (bicyclic) bond motifs is 1. The highest BCUT2D eigenvalue weighted by Crippen LogP contribution is 2.32. The number of anilines is 1. The second-order valence-electron chi connectivity index (χ2n) is 6.58. The van der Waals surface area contributed by atoms with E-state index in [1.54, 1.807) is 6.92 Å². The van der Waals surface area contributed by atoms with Crippen LogP contribution in [0.5, 0.6) is 0 Å². The fourth-order valence-corrected chi connectivity index (χ4v) is 3.29. The van der Waals surface area contributed by atoms with Crippen molar-refractivity contribution in [3.63, 3.8) is 0 Å². The first-order chi connectivity index (χ1) is 12.2. The molecule has 6 N–H and O–H groups in total. The zero-order valence-electron chi connectivity index (χ0n) is 14.5. The Hall–Kier alpha value is -2.21. The Morgan fingerprint density at radius 1 is 1.42 bits per heavy atom. The van der Waals surface area contributed by atoms with Crippen LogP contribution in [0.2, 0.25) is 0 Å². The highest BCUT2D eigenvalue weighted by atomic mass is 16.5. The van der Waals surface area contributed by atoms with Gasteiger partial charge in [0.1, 0.15) is 6.10 Å². The monoisotopic (exact) mass is 369 g/mol. The summed E-state index contributed by atoms with van der Waals surface area (Å²) in [6, 6.07) is 0. The van der Waals surface area contributed by atoms with E-state index in [4.69, 9.17) is 10.5 Å². The Morgan fingerprint density at radius 2 is 2.12 bits per heavy atom. The van der Waals surface area contributed by atoms with Gasteiger partial charge in [0.05, 0.1) is 24.9 Å². The van der Waals surface area contributed by atoms with Gasteiger partial charge in [0.15, 0.2) is 17.4 Å². The van der Waals surface area contributed by atoms with Crippen LogP contribution >= 0.6 is 0 Å². The lowest BCUT2D eigenvalue weighted by atomic mass is 10.1. The minimum Gasteiger partial charge on any atom is -0.392 e. The molecule has 1 aliphatic heterocycles. The SMILES string of the molecule is CC[C@H](O)[C@@H]1C[C@@H](O)[C@H](n2c(=O)n(CC(C)O)c3c(=O)[nH]c(N)nc32)O1. The Bertz CT molecular complexity index is 916. The number of aromatic amines is 1. The molecule has 11 heteroatoms. The molecule has 26 heavy (non-hydrogen) atoms. The summed E-state index contributed by atoms with van der Waals surface area (Å²) >= 11 is 0. The number of H-pyrrole nitrogens is 1. The van der Waals surface area contributed by atoms with Gasteiger partial charge in [-0.05, 0) is 13.3 Å². The van der Waals surface area contributed by atoms with E-state index in [1.165, 1.54) is 6.92 Å². The number of hydrogen-bond acceptors (Lipinski definition) is 8. The Kier molecular flexibility index (Phi) is 4.88. The molecule has 0 bridgehead atoms. The van der Waals surface area contributed by atoms with Gasteiger partial charge in [0.2, 0.25) is 5.95 Å². The van der Waals surface area contributed by atoms with E-state index in [1.807, 2.05) is 0 Å². The Labute approximate surface area is 147 Å². The normalized spacial score (nSPS) is 25.7. The molecule has 1 unspecified atom stereocenters. The van der Waals surface area contributed by atoms with E-state index >= 15 is 0 Å². The summed E-state index contributed by atoms with van der Waals surface area (Å²) < 4.78 is 7.82. The van der Waals surface area contributed by atoms with Crippen molar-refractivity contribution in [2.24, 2.45) is 0 Å². The van der Waals surface area contributed by atoms with Crippen LogP contribution < -0.4 is 17.0 Å². The van der Waals surface area contributed by atoms with Crippen molar-refractivity contribution in [3.8, 4) is 0 Å². The molecule has 0 spiro atoms. The van der Waals surface area contributed by atoms with Crippen molar-refractivity contribution in [1.82, 2.24) is 19.1 Å². The highest BCUT2D eigenvalue weighted by Gasteiger charge is 2.40. The van der Waals surface area contributed by atoms with Crippen molar-refractivity contribution < 1.29 is 20.1 Å². The maximum atomic E-state index is 12.9. The van der Waals surface area contributed by atoms with Crippen molar-refractivity contribution in [3.05, 3.63) is 20.8 Å². The number of nitrogens with one attached hydrogen (secondary N) is 1. The summed E-state index contributed by atoms with van der Waals surface area (Å²) in [4.78, 5) is 31.5. The number of imidazole rings is 1. The maximum absolute atomic E-state index is 12.9. The average molecular weight is 369 g/mol. The van der Waals surface area contributed by atoms with Gasteiger partial charge < -0.3 is 25.8 Å². The molecule has 2 aromatic rings. The summed E-state index contributed by atoms with van der Waals surface area (Å²) in [7, 11) is 0. The number of aromatic nitrogens is 4. The number of aliphatic hydroxyl groups is 3. The van der Waals surface area contributed by atoms with E-state index in [0.717, 1.165) is 9.13 Å². The van der Waals surface area contributed by atoms with Gasteiger partial charge in [0.25, 0.3) is 5.56 Å². The zero-order valence-corrected chi connectivity index (χ0v) is 14.5. The van der Waals surface area contributed by atoms with Crippen LogP contribution in [0.15, 0.2) is 9.59 Å². The third-order valence-corrected chi connectivity index (χ3v) is 4.50. The smallest absolute Gasteiger partial charge is 0.332 e. The summed E-state index contributed by atoms with van der Waals surface area (Å²) in [5.74, 6) is -0.192. The quantitative estimate of drug-likeness (QED) is 0.414. The molecule has 0 aromatic carbocycles. The number of aliphatic hydroxyl groups excluding tert-OH is 3. The summed E-state index contributed by atoms with van der Waals surface area (Å²) in [6.45, 7) is 3.11. The molecule has 0 aliphatic carbocycles. The van der Waals surface area contributed by atoms with Gasteiger partial charge in [-0.25, -0.2) is 9.36 Å². The molecule has 3 heterocycles. The lowest BCUT2D eigenvalue weighted by molar-refractivity contribution is -0.0760. The number of rotatable bonds is 5. The molecule has 0 radical (unpaired) electrons. The van der Waals surface area contributed by atoms with Crippen LogP contribution in [0.3, 0.4) is 0 Å². The number of hydrogen-bond donors (Lipinski definition) is 5. The first-order valence-corrected chi connectivity index (χ1v) is 8.44. The molecule has 5 atom stereocenters. The minimum absolute atomic E-state index is 0.0485. The summed E-state index contributed by atoms with van der Waals surface area (Å²) in [5.41, 5.74) is 4.18. The lowest BCUT2D eigenvalue weighted by Gasteiger charge is -2.18. The molecule has 1 aliphatic rings. The lowest BCUT2D eigenvalue weighted by Crippen LogP contribution is -2.34. The molecule has 1 saturated heterocycles. The van der Waals surface area contributed by atoms with Crippen LogP contribution in [0.25, 0.3) is 11.2 Å². The van der Waals surface area contributed by atoms with E-state index in [-0.39, 0.29) is 30.1 Å². The first-order valence-electron chi connectivity index (χ1n) is 8.44. The van der Waals surface area contributed by atoms with Gasteiger partial charge in [-0.2, -0.15) is 4.98 Å². The Morgan fingerprint density at radius 3 is 2.73 bits per heavy atom. The fraction of sp³-hybridized carbons (Fsp3) is 0.667. The van der Waals surface area contributed by atoms with Crippen molar-refractivity contribution in [2.45, 2.75) is 63.9 Å². The molecule has 2 aromatic heterocycles. The van der Waals surface area contributed by atoms with Gasteiger partial charge in [-0.15, -0.1) is 0 Å². The van der Waals surface area contributed by atoms with Crippen LogP contribution in [0.1, 0.15) is 32.9 Å². The number of ether oxygens (including phenoxy) is 1. The van der Waals surface area contributed by atoms with Gasteiger partial charge in [-0.3, -0.25) is 14.3 Å². The average Bonchev–Trinajstić information content (AvgIpc) is 3.05. The largest absolute Gasteiger partial charge is 0.392 e. The molecule has 3 rings (SSSR count). The summed E-state index contributed by atoms with van der Waals surface area (Å²) in [6.07, 6.45) is -3.99. The molecule has 11 nitrogen and oxygen atoms in total. The second-order valence-corrected chi connectivity index (χ2v) is 6.58. The van der Waals surface area contributed by atoms with Crippen molar-refractivity contribution in [2.75, 3.05) is 5.73 Å². The predicted octanol–water partition coefficient (Wildman–Crippen LogP) is -1.73. The molecular formula is C15H23N5O6. The standard InChI is InChI=1S/C15H23N5O6/c1-3-7(22)9-4-8(23)13(26-9)20-11-10(12(24)18-14(16)17-11)19(15(20)25)5-6(2)21/h6-9,13,21-23H,3-5H2,1-2H3,(H3,16,17,18,24)/t6?,7-,8+,9-,13+/m0/s1. The third kappa shape index (κ3) is 3.03. The Balaban J connectivity index is 2.19. The van der Waals surface area contributed by atoms with Crippen LogP contribution in [0.4, 0.5) is 5.95 Å². The van der Waals surface area contributed by atoms with E-state index < -0.39 is 41.9 Å². The van der Waals surface area contributed by atoms with Crippen molar-refractivity contribution >= 4 is 17.1 Å². The van der Waals surface area contributed by atoms with Crippen LogP contribution in [0, 0.1) is 0 Å². The molecular weight excluding hydrogens is 346 g/mol. The van der Waals surface area contributed by atoms with Gasteiger partial charge in [-0.1, -0.05) is 6.92 Å². The third-order valence-electron chi connectivity index (χ3n) is 4.50. The topological polar surface area (TPSA) is 169 Å². The second kappa shape index (κ2) is 6.83. The molecule has 144 valence electrons. The van der Waals surface area contributed by atoms with E-state index in [9.17, 15) is 24.9 Å². The fourth-order valence-electron chi connectivity index (χ4n) is 3.29. The van der Waals surface area contributed by atoms with Gasteiger partial charge >= 0.3 is 5.69 Å². The molecule has 0 amide bonds. The number of nitrogen functional groups attached to an aromatic ring is 1. The number of nitrogens with zero attached hydrogens (tertiary/aromatic N) is 3. The molecule has 0 saturated carbocycles. The van der Waals surface area contributed by atoms with Crippen LogP contribution in [-0.2, 0) is 11.3 Å². The highest BCUT2D eigenvalue weighted by molar-refractivity contribution is 5.71.